The fourth-order valence-corrected chi connectivity index (χ4v) is 1.74. The van der Waals surface area contributed by atoms with Gasteiger partial charge in [0, 0.05) is 18.5 Å². The summed E-state index contributed by atoms with van der Waals surface area (Å²) in [4.78, 5) is 3.97. The Hall–Kier alpha value is -1.06. The third-order valence-corrected chi connectivity index (χ3v) is 2.95. The molecule has 2 nitrogen and oxygen atoms in total. The molecule has 82 valence electrons. The Bertz CT molecular complexity index is 516. The van der Waals surface area contributed by atoms with Crippen LogP contribution in [0.4, 0.5) is 0 Å². The van der Waals surface area contributed by atoms with Crippen LogP contribution in [0.2, 0.25) is 5.02 Å². The monoisotopic (exact) mass is 297 g/mol. The van der Waals surface area contributed by atoms with E-state index in [0.29, 0.717) is 16.5 Å². The van der Waals surface area contributed by atoms with E-state index in [1.54, 1.807) is 18.5 Å². The molecule has 2 rings (SSSR count). The van der Waals surface area contributed by atoms with Crippen LogP contribution in [0, 0.1) is 6.92 Å². The van der Waals surface area contributed by atoms with Crippen LogP contribution in [-0.2, 0) is 0 Å². The molecule has 1 aromatic heterocycles. The molecule has 0 unspecified atom stereocenters. The highest BCUT2D eigenvalue weighted by Gasteiger charge is 2.06. The summed E-state index contributed by atoms with van der Waals surface area (Å²) in [5, 5.41) is 0.592. The van der Waals surface area contributed by atoms with Crippen molar-refractivity contribution in [3.05, 3.63) is 51.7 Å². The van der Waals surface area contributed by atoms with E-state index in [1.165, 1.54) is 0 Å². The molecule has 0 aliphatic rings. The van der Waals surface area contributed by atoms with Gasteiger partial charge < -0.3 is 4.74 Å². The third kappa shape index (κ3) is 2.54. The first kappa shape index (κ1) is 11.4. The minimum atomic E-state index is 0.592. The van der Waals surface area contributed by atoms with E-state index < -0.39 is 0 Å². The summed E-state index contributed by atoms with van der Waals surface area (Å²) in [6.07, 6.45) is 3.35. The quantitative estimate of drug-likeness (QED) is 0.808. The molecule has 0 fully saturated rings. The number of rotatable bonds is 2. The van der Waals surface area contributed by atoms with Gasteiger partial charge in [-0.1, -0.05) is 17.7 Å². The van der Waals surface area contributed by atoms with E-state index in [2.05, 4.69) is 20.9 Å². The number of nitrogens with zero attached hydrogens (tertiary/aromatic N) is 1. The molecule has 0 aliphatic heterocycles. The summed E-state index contributed by atoms with van der Waals surface area (Å²) >= 11 is 9.41. The van der Waals surface area contributed by atoms with Crippen molar-refractivity contribution in [2.24, 2.45) is 0 Å². The molecule has 0 spiro atoms. The Labute approximate surface area is 107 Å². The highest BCUT2D eigenvalue weighted by Crippen LogP contribution is 2.33. The summed E-state index contributed by atoms with van der Waals surface area (Å²) < 4.78 is 6.50. The normalized spacial score (nSPS) is 10.2. The Morgan fingerprint density at radius 3 is 2.81 bits per heavy atom. The Kier molecular flexibility index (Phi) is 3.46. The van der Waals surface area contributed by atoms with Crippen LogP contribution in [-0.4, -0.2) is 4.98 Å². The lowest BCUT2D eigenvalue weighted by atomic mass is 10.2. The van der Waals surface area contributed by atoms with E-state index in [0.717, 1.165) is 10.0 Å². The Balaban J connectivity index is 2.34. The van der Waals surface area contributed by atoms with Gasteiger partial charge in [-0.25, -0.2) is 0 Å². The van der Waals surface area contributed by atoms with Crippen molar-refractivity contribution in [1.82, 2.24) is 4.98 Å². The van der Waals surface area contributed by atoms with Crippen LogP contribution in [0.3, 0.4) is 0 Å². The lowest BCUT2D eigenvalue weighted by molar-refractivity contribution is 0.478. The average molecular weight is 299 g/mol. The maximum Gasteiger partial charge on any atom is 0.146 e. The molecule has 0 saturated heterocycles. The molecule has 0 atom stereocenters. The fraction of sp³-hybridized carbons (Fsp3) is 0.0833. The maximum atomic E-state index is 6.04. The predicted octanol–water partition coefficient (Wildman–Crippen LogP) is 4.60. The molecule has 1 aromatic carbocycles. The van der Waals surface area contributed by atoms with Crippen LogP contribution >= 0.6 is 27.5 Å². The van der Waals surface area contributed by atoms with E-state index in [1.807, 2.05) is 25.1 Å². The van der Waals surface area contributed by atoms with Gasteiger partial charge in [0.05, 0.1) is 9.50 Å². The number of pyridine rings is 1. The smallest absolute Gasteiger partial charge is 0.146 e. The summed E-state index contributed by atoms with van der Waals surface area (Å²) in [6, 6.07) is 7.44. The highest BCUT2D eigenvalue weighted by atomic mass is 79.9. The molecule has 0 radical (unpaired) electrons. The van der Waals surface area contributed by atoms with Crippen molar-refractivity contribution in [3.8, 4) is 11.5 Å². The van der Waals surface area contributed by atoms with E-state index in [-0.39, 0.29) is 0 Å². The van der Waals surface area contributed by atoms with Crippen molar-refractivity contribution in [2.75, 3.05) is 0 Å². The van der Waals surface area contributed by atoms with Gasteiger partial charge in [-0.05, 0) is 40.5 Å². The van der Waals surface area contributed by atoms with Gasteiger partial charge in [0.25, 0.3) is 0 Å². The number of hydrogen-bond donors (Lipinski definition) is 0. The van der Waals surface area contributed by atoms with Crippen molar-refractivity contribution in [1.29, 1.82) is 0 Å². The molecule has 0 bridgehead atoms. The SMILES string of the molecule is Cc1ccc(Cl)c(Oc2ccncc2Br)c1. The molecule has 0 N–H and O–H groups in total. The standard InChI is InChI=1S/C12H9BrClNO/c1-8-2-3-10(14)12(6-8)16-11-4-5-15-7-9(11)13/h2-7H,1H3. The predicted molar refractivity (Wildman–Crippen MR) is 68.2 cm³/mol. The van der Waals surface area contributed by atoms with E-state index in [4.69, 9.17) is 16.3 Å². The molecular formula is C12H9BrClNO. The lowest BCUT2D eigenvalue weighted by Crippen LogP contribution is -1.88. The maximum absolute atomic E-state index is 6.04. The fourth-order valence-electron chi connectivity index (χ4n) is 1.25. The van der Waals surface area contributed by atoms with Gasteiger partial charge in [-0.2, -0.15) is 0 Å². The molecule has 1 heterocycles. The van der Waals surface area contributed by atoms with Crippen LogP contribution in [0.25, 0.3) is 0 Å². The summed E-state index contributed by atoms with van der Waals surface area (Å²) in [6.45, 7) is 1.99. The minimum Gasteiger partial charge on any atom is -0.454 e. The Morgan fingerprint density at radius 1 is 1.25 bits per heavy atom. The third-order valence-electron chi connectivity index (χ3n) is 2.04. The first-order chi connectivity index (χ1) is 7.66. The van der Waals surface area contributed by atoms with Gasteiger partial charge in [0.15, 0.2) is 0 Å². The van der Waals surface area contributed by atoms with Crippen LogP contribution in [0.15, 0.2) is 41.1 Å². The first-order valence-electron chi connectivity index (χ1n) is 4.70. The summed E-state index contributed by atoms with van der Waals surface area (Å²) in [5.74, 6) is 1.34. The molecule has 0 saturated carbocycles. The van der Waals surface area contributed by atoms with Crippen molar-refractivity contribution in [3.63, 3.8) is 0 Å². The van der Waals surface area contributed by atoms with Crippen molar-refractivity contribution >= 4 is 27.5 Å². The molecule has 16 heavy (non-hydrogen) atoms. The number of halogens is 2. The first-order valence-corrected chi connectivity index (χ1v) is 5.87. The van der Waals surface area contributed by atoms with E-state index >= 15 is 0 Å². The second-order valence-electron chi connectivity index (χ2n) is 3.34. The minimum absolute atomic E-state index is 0.592. The van der Waals surface area contributed by atoms with Crippen molar-refractivity contribution < 1.29 is 4.74 Å². The molecule has 0 aliphatic carbocycles. The number of benzene rings is 1. The highest BCUT2D eigenvalue weighted by molar-refractivity contribution is 9.10. The van der Waals surface area contributed by atoms with Gasteiger partial charge in [-0.3, -0.25) is 4.98 Å². The van der Waals surface area contributed by atoms with Crippen LogP contribution in [0.1, 0.15) is 5.56 Å². The van der Waals surface area contributed by atoms with Gasteiger partial charge in [0.2, 0.25) is 0 Å². The zero-order chi connectivity index (χ0) is 11.5. The van der Waals surface area contributed by atoms with Gasteiger partial charge in [-0.15, -0.1) is 0 Å². The largest absolute Gasteiger partial charge is 0.454 e. The van der Waals surface area contributed by atoms with Crippen molar-refractivity contribution in [2.45, 2.75) is 6.92 Å². The second kappa shape index (κ2) is 4.85. The zero-order valence-electron chi connectivity index (χ0n) is 8.58. The molecule has 2 aromatic rings. The zero-order valence-corrected chi connectivity index (χ0v) is 10.9. The number of hydrogen-bond acceptors (Lipinski definition) is 2. The summed E-state index contributed by atoms with van der Waals surface area (Å²) in [7, 11) is 0. The molecule has 0 amide bonds. The van der Waals surface area contributed by atoms with Gasteiger partial charge in [0.1, 0.15) is 11.5 Å². The second-order valence-corrected chi connectivity index (χ2v) is 4.60. The Morgan fingerprint density at radius 2 is 2.06 bits per heavy atom. The van der Waals surface area contributed by atoms with Crippen LogP contribution in [0.5, 0.6) is 11.5 Å². The van der Waals surface area contributed by atoms with Crippen LogP contribution < -0.4 is 4.74 Å². The average Bonchev–Trinajstić information content (AvgIpc) is 2.27. The molecule has 4 heteroatoms. The van der Waals surface area contributed by atoms with Gasteiger partial charge >= 0.3 is 0 Å². The number of ether oxygens (including phenoxy) is 1. The summed E-state index contributed by atoms with van der Waals surface area (Å²) in [5.41, 5.74) is 1.10. The number of aromatic nitrogens is 1. The number of aryl methyl sites for hydroxylation is 1. The van der Waals surface area contributed by atoms with E-state index in [9.17, 15) is 0 Å². The topological polar surface area (TPSA) is 22.1 Å². The lowest BCUT2D eigenvalue weighted by Gasteiger charge is -2.09. The molecular weight excluding hydrogens is 289 g/mol.